The van der Waals surface area contributed by atoms with Crippen molar-refractivity contribution in [2.45, 2.75) is 19.4 Å². The topological polar surface area (TPSA) is 28.2 Å². The Morgan fingerprint density at radius 1 is 1.20 bits per heavy atom. The van der Waals surface area contributed by atoms with Crippen LogP contribution in [0.3, 0.4) is 0 Å². The highest BCUT2D eigenvalue weighted by molar-refractivity contribution is 9.10. The molecule has 0 atom stereocenters. The highest BCUT2D eigenvalue weighted by Gasteiger charge is 2.10. The summed E-state index contributed by atoms with van der Waals surface area (Å²) >= 11 is 3.59. The van der Waals surface area contributed by atoms with E-state index in [4.69, 9.17) is 0 Å². The summed E-state index contributed by atoms with van der Waals surface area (Å²) in [4.78, 5) is 7.05. The summed E-state index contributed by atoms with van der Waals surface area (Å²) in [6.45, 7) is 5.62. The molecule has 3 nitrogen and oxygen atoms in total. The molecule has 0 aliphatic carbocycles. The molecule has 4 heteroatoms. The van der Waals surface area contributed by atoms with Gasteiger partial charge in [0.2, 0.25) is 0 Å². The maximum atomic E-state index is 4.52. The van der Waals surface area contributed by atoms with E-state index in [2.05, 4.69) is 49.3 Å². The Balaban J connectivity index is 1.61. The second-order valence-electron chi connectivity index (χ2n) is 5.33. The zero-order valence-electron chi connectivity index (χ0n) is 11.6. The van der Waals surface area contributed by atoms with Gasteiger partial charge in [-0.1, -0.05) is 28.1 Å². The van der Waals surface area contributed by atoms with Gasteiger partial charge in [0.05, 0.1) is 5.52 Å². The summed E-state index contributed by atoms with van der Waals surface area (Å²) in [5, 5.41) is 4.73. The Kier molecular flexibility index (Phi) is 4.65. The molecular weight excluding hydrogens is 314 g/mol. The zero-order valence-corrected chi connectivity index (χ0v) is 13.2. The summed E-state index contributed by atoms with van der Waals surface area (Å²) < 4.78 is 1.11. The molecule has 1 aliphatic rings. The zero-order chi connectivity index (χ0) is 13.8. The van der Waals surface area contributed by atoms with Gasteiger partial charge in [0, 0.05) is 35.7 Å². The van der Waals surface area contributed by atoms with Crippen molar-refractivity contribution >= 4 is 26.8 Å². The minimum atomic E-state index is 0.884. The normalized spacial score (nSPS) is 16.1. The van der Waals surface area contributed by atoms with Crippen LogP contribution in [0.5, 0.6) is 0 Å². The average Bonchev–Trinajstić information content (AvgIpc) is 2.99. The van der Waals surface area contributed by atoms with Crippen LogP contribution in [-0.4, -0.2) is 36.1 Å². The van der Waals surface area contributed by atoms with E-state index in [1.165, 1.54) is 36.9 Å². The first kappa shape index (κ1) is 14.0. The van der Waals surface area contributed by atoms with E-state index >= 15 is 0 Å². The van der Waals surface area contributed by atoms with Crippen LogP contribution in [0, 0.1) is 0 Å². The quantitative estimate of drug-likeness (QED) is 0.852. The second kappa shape index (κ2) is 6.66. The molecule has 0 amide bonds. The van der Waals surface area contributed by atoms with Gasteiger partial charge in [-0.3, -0.25) is 4.98 Å². The van der Waals surface area contributed by atoms with E-state index in [1.807, 2.05) is 12.3 Å². The molecule has 0 spiro atoms. The van der Waals surface area contributed by atoms with Crippen molar-refractivity contribution in [2.75, 3.05) is 26.2 Å². The smallest absolute Gasteiger partial charge is 0.0758 e. The number of aromatic nitrogens is 1. The van der Waals surface area contributed by atoms with E-state index < -0.39 is 0 Å². The monoisotopic (exact) mass is 333 g/mol. The molecule has 0 saturated carbocycles. The fourth-order valence-corrected chi connectivity index (χ4v) is 3.26. The number of halogens is 1. The van der Waals surface area contributed by atoms with Crippen molar-refractivity contribution in [3.05, 3.63) is 40.5 Å². The fourth-order valence-electron chi connectivity index (χ4n) is 2.81. The molecule has 2 aromatic rings. The molecule has 1 aromatic carbocycles. The predicted octanol–water partition coefficient (Wildman–Crippen LogP) is 3.18. The van der Waals surface area contributed by atoms with Crippen molar-refractivity contribution in [2.24, 2.45) is 0 Å². The van der Waals surface area contributed by atoms with Gasteiger partial charge in [0.15, 0.2) is 0 Å². The molecule has 1 N–H and O–H groups in total. The molecule has 106 valence electrons. The average molecular weight is 334 g/mol. The Morgan fingerprint density at radius 3 is 2.90 bits per heavy atom. The summed E-state index contributed by atoms with van der Waals surface area (Å²) in [6, 6.07) is 8.36. The van der Waals surface area contributed by atoms with Crippen LogP contribution < -0.4 is 5.32 Å². The largest absolute Gasteiger partial charge is 0.311 e. The first-order valence-corrected chi connectivity index (χ1v) is 8.09. The van der Waals surface area contributed by atoms with Crippen molar-refractivity contribution in [1.82, 2.24) is 15.2 Å². The number of hydrogen-bond donors (Lipinski definition) is 1. The molecule has 1 aromatic heterocycles. The third-order valence-electron chi connectivity index (χ3n) is 3.92. The van der Waals surface area contributed by atoms with Gasteiger partial charge in [-0.2, -0.15) is 0 Å². The van der Waals surface area contributed by atoms with Crippen molar-refractivity contribution < 1.29 is 0 Å². The first-order chi connectivity index (χ1) is 9.84. The maximum absolute atomic E-state index is 4.52. The number of rotatable bonds is 5. The Morgan fingerprint density at radius 2 is 2.05 bits per heavy atom. The number of pyridine rings is 1. The van der Waals surface area contributed by atoms with Crippen LogP contribution in [0.15, 0.2) is 34.9 Å². The van der Waals surface area contributed by atoms with Gasteiger partial charge >= 0.3 is 0 Å². The number of nitrogens with zero attached hydrogens (tertiary/aromatic N) is 2. The molecule has 20 heavy (non-hydrogen) atoms. The highest BCUT2D eigenvalue weighted by atomic mass is 79.9. The summed E-state index contributed by atoms with van der Waals surface area (Å²) in [7, 11) is 0. The lowest BCUT2D eigenvalue weighted by Crippen LogP contribution is -2.29. The molecule has 1 fully saturated rings. The van der Waals surface area contributed by atoms with Gasteiger partial charge in [0.1, 0.15) is 0 Å². The molecule has 1 saturated heterocycles. The maximum Gasteiger partial charge on any atom is 0.0758 e. The lowest BCUT2D eigenvalue weighted by molar-refractivity contribution is 0.336. The number of likely N-dealkylation sites (tertiary alicyclic amines) is 1. The number of hydrogen-bond acceptors (Lipinski definition) is 3. The van der Waals surface area contributed by atoms with Gasteiger partial charge < -0.3 is 10.2 Å². The Bertz CT molecular complexity index is 579. The van der Waals surface area contributed by atoms with Crippen LogP contribution >= 0.6 is 15.9 Å². The fraction of sp³-hybridized carbons (Fsp3) is 0.438. The van der Waals surface area contributed by atoms with Gasteiger partial charge in [0.25, 0.3) is 0 Å². The first-order valence-electron chi connectivity index (χ1n) is 7.30. The summed E-state index contributed by atoms with van der Waals surface area (Å²) in [5.74, 6) is 0. The number of fused-ring (bicyclic) bond motifs is 1. The highest BCUT2D eigenvalue weighted by Crippen LogP contribution is 2.25. The van der Waals surface area contributed by atoms with Crippen LogP contribution in [0.2, 0.25) is 0 Å². The predicted molar refractivity (Wildman–Crippen MR) is 86.8 cm³/mol. The number of benzene rings is 1. The molecule has 2 heterocycles. The lowest BCUT2D eigenvalue weighted by Gasteiger charge is -2.15. The number of nitrogens with one attached hydrogen (secondary N) is 1. The Labute approximate surface area is 128 Å². The van der Waals surface area contributed by atoms with E-state index in [-0.39, 0.29) is 0 Å². The van der Waals surface area contributed by atoms with Crippen LogP contribution in [-0.2, 0) is 6.54 Å². The van der Waals surface area contributed by atoms with Crippen molar-refractivity contribution in [3.8, 4) is 0 Å². The van der Waals surface area contributed by atoms with Crippen molar-refractivity contribution in [3.63, 3.8) is 0 Å². The van der Waals surface area contributed by atoms with Gasteiger partial charge in [-0.15, -0.1) is 0 Å². The van der Waals surface area contributed by atoms with E-state index in [9.17, 15) is 0 Å². The minimum Gasteiger partial charge on any atom is -0.311 e. The van der Waals surface area contributed by atoms with E-state index in [1.54, 1.807) is 0 Å². The van der Waals surface area contributed by atoms with Crippen molar-refractivity contribution in [1.29, 1.82) is 0 Å². The summed E-state index contributed by atoms with van der Waals surface area (Å²) in [5.41, 5.74) is 2.36. The van der Waals surface area contributed by atoms with Crippen LogP contribution in [0.25, 0.3) is 10.9 Å². The minimum absolute atomic E-state index is 0.884. The Hall–Kier alpha value is -0.970. The SMILES string of the molecule is Brc1ccc(CNCCN2CCCC2)c2ncccc12. The molecule has 3 rings (SSSR count). The van der Waals surface area contributed by atoms with Gasteiger partial charge in [-0.25, -0.2) is 0 Å². The van der Waals surface area contributed by atoms with E-state index in [0.29, 0.717) is 0 Å². The van der Waals surface area contributed by atoms with Gasteiger partial charge in [-0.05, 0) is 43.6 Å². The molecular formula is C16H20BrN3. The molecule has 0 radical (unpaired) electrons. The lowest BCUT2D eigenvalue weighted by atomic mass is 10.1. The third kappa shape index (κ3) is 3.19. The van der Waals surface area contributed by atoms with E-state index in [0.717, 1.165) is 29.6 Å². The third-order valence-corrected chi connectivity index (χ3v) is 4.61. The summed E-state index contributed by atoms with van der Waals surface area (Å²) in [6.07, 6.45) is 4.59. The van der Waals surface area contributed by atoms with Crippen LogP contribution in [0.4, 0.5) is 0 Å². The molecule has 0 bridgehead atoms. The second-order valence-corrected chi connectivity index (χ2v) is 6.19. The molecule has 1 aliphatic heterocycles. The molecule has 0 unspecified atom stereocenters. The standard InChI is InChI=1S/C16H20BrN3/c17-15-6-5-13(16-14(15)4-3-7-19-16)12-18-8-11-20-9-1-2-10-20/h3-7,18H,1-2,8-12H2. The van der Waals surface area contributed by atoms with Crippen LogP contribution in [0.1, 0.15) is 18.4 Å².